The van der Waals surface area contributed by atoms with Crippen molar-refractivity contribution in [1.82, 2.24) is 14.3 Å². The number of nitrogens with one attached hydrogen (secondary N) is 2. The smallest absolute Gasteiger partial charge is 0.348 e. The first-order valence-electron chi connectivity index (χ1n) is 9.71. The van der Waals surface area contributed by atoms with Crippen molar-refractivity contribution in [1.29, 1.82) is 0 Å². The van der Waals surface area contributed by atoms with Crippen LogP contribution in [0.5, 0.6) is 0 Å². The quantitative estimate of drug-likeness (QED) is 0.550. The summed E-state index contributed by atoms with van der Waals surface area (Å²) in [4.78, 5) is 29.1. The van der Waals surface area contributed by atoms with Crippen LogP contribution < -0.4 is 15.7 Å². The lowest BCUT2D eigenvalue weighted by Crippen LogP contribution is -2.36. The second-order valence-electron chi connectivity index (χ2n) is 7.03. The lowest BCUT2D eigenvalue weighted by Gasteiger charge is -2.20. The van der Waals surface area contributed by atoms with Crippen LogP contribution >= 0.6 is 0 Å². The molecule has 31 heavy (non-hydrogen) atoms. The van der Waals surface area contributed by atoms with Gasteiger partial charge < -0.3 is 9.73 Å². The summed E-state index contributed by atoms with van der Waals surface area (Å²) >= 11 is 0. The summed E-state index contributed by atoms with van der Waals surface area (Å²) in [6.45, 7) is 5.31. The molecule has 1 unspecified atom stereocenters. The molecule has 3 rings (SSSR count). The fourth-order valence-electron chi connectivity index (χ4n) is 3.23. The average Bonchev–Trinajstić information content (AvgIpc) is 3.23. The molecule has 1 amide bonds. The Morgan fingerprint density at radius 1 is 1.19 bits per heavy atom. The maximum atomic E-state index is 12.8. The van der Waals surface area contributed by atoms with E-state index >= 15 is 0 Å². The van der Waals surface area contributed by atoms with Gasteiger partial charge in [0.1, 0.15) is 11.8 Å². The molecule has 10 heteroatoms. The molecule has 0 radical (unpaired) electrons. The van der Waals surface area contributed by atoms with Crippen molar-refractivity contribution in [3.63, 3.8) is 0 Å². The molecule has 0 aliphatic carbocycles. The van der Waals surface area contributed by atoms with Gasteiger partial charge in [-0.1, -0.05) is 6.92 Å². The number of carbonyl (C=O) groups is 1. The van der Waals surface area contributed by atoms with Crippen LogP contribution in [0.1, 0.15) is 36.5 Å². The van der Waals surface area contributed by atoms with Crippen molar-refractivity contribution >= 4 is 21.6 Å². The number of aryl methyl sites for hydroxylation is 2. The minimum Gasteiger partial charge on any atom is -0.468 e. The van der Waals surface area contributed by atoms with Gasteiger partial charge in [-0.2, -0.15) is 4.98 Å². The van der Waals surface area contributed by atoms with Crippen LogP contribution in [0.25, 0.3) is 0 Å². The van der Waals surface area contributed by atoms with Crippen LogP contribution in [0.3, 0.4) is 0 Å². The maximum Gasteiger partial charge on any atom is 0.348 e. The van der Waals surface area contributed by atoms with Gasteiger partial charge in [-0.3, -0.25) is 9.36 Å². The lowest BCUT2D eigenvalue weighted by molar-refractivity contribution is -0.119. The third-order valence-corrected chi connectivity index (χ3v) is 6.14. The number of hydrogen-bond donors (Lipinski definition) is 2. The van der Waals surface area contributed by atoms with E-state index in [-0.39, 0.29) is 17.3 Å². The van der Waals surface area contributed by atoms with E-state index in [1.54, 1.807) is 39.0 Å². The summed E-state index contributed by atoms with van der Waals surface area (Å²) in [7, 11) is -3.74. The van der Waals surface area contributed by atoms with Crippen molar-refractivity contribution < 1.29 is 17.6 Å². The number of sulfonamides is 1. The van der Waals surface area contributed by atoms with Crippen LogP contribution in [0.4, 0.5) is 5.69 Å². The first-order chi connectivity index (χ1) is 14.7. The van der Waals surface area contributed by atoms with Crippen LogP contribution in [-0.4, -0.2) is 23.9 Å². The largest absolute Gasteiger partial charge is 0.468 e. The van der Waals surface area contributed by atoms with Crippen molar-refractivity contribution in [2.75, 3.05) is 5.32 Å². The molecule has 164 valence electrons. The van der Waals surface area contributed by atoms with E-state index in [0.29, 0.717) is 29.3 Å². The Hall–Kier alpha value is -3.24. The van der Waals surface area contributed by atoms with Gasteiger partial charge in [0.05, 0.1) is 17.7 Å². The fourth-order valence-corrected chi connectivity index (χ4v) is 4.22. The van der Waals surface area contributed by atoms with E-state index in [9.17, 15) is 18.0 Å². The van der Waals surface area contributed by atoms with Gasteiger partial charge in [0.2, 0.25) is 15.9 Å². The standard InChI is InChI=1S/C21H24N4O5S/c1-4-19(25-15(3)12-14(2)23-21(25)27)20(26)24-16-7-9-18(10-8-16)31(28,29)22-13-17-6-5-11-30-17/h5-12,19,22H,4,13H2,1-3H3,(H,24,26). The molecule has 3 aromatic rings. The van der Waals surface area contributed by atoms with E-state index in [0.717, 1.165) is 0 Å². The highest BCUT2D eigenvalue weighted by Gasteiger charge is 2.22. The minimum absolute atomic E-state index is 0.0324. The number of carbonyl (C=O) groups excluding carboxylic acids is 1. The van der Waals surface area contributed by atoms with Crippen LogP contribution in [0, 0.1) is 13.8 Å². The molecule has 0 bridgehead atoms. The third kappa shape index (κ3) is 5.28. The Balaban J connectivity index is 1.72. The van der Waals surface area contributed by atoms with Crippen LogP contribution in [0.15, 0.2) is 62.8 Å². The Morgan fingerprint density at radius 3 is 2.48 bits per heavy atom. The number of hydrogen-bond acceptors (Lipinski definition) is 6. The molecule has 0 fully saturated rings. The van der Waals surface area contributed by atoms with E-state index in [1.165, 1.54) is 35.1 Å². The van der Waals surface area contributed by atoms with E-state index < -0.39 is 21.8 Å². The number of rotatable bonds is 8. The Morgan fingerprint density at radius 2 is 1.90 bits per heavy atom. The second-order valence-corrected chi connectivity index (χ2v) is 8.80. The molecule has 2 N–H and O–H groups in total. The Kier molecular flexibility index (Phi) is 6.71. The zero-order chi connectivity index (χ0) is 22.6. The first kappa shape index (κ1) is 22.4. The van der Waals surface area contributed by atoms with E-state index in [4.69, 9.17) is 4.42 Å². The zero-order valence-electron chi connectivity index (χ0n) is 17.5. The number of anilines is 1. The molecule has 1 atom stereocenters. The lowest BCUT2D eigenvalue weighted by atomic mass is 10.1. The number of nitrogens with zero attached hydrogens (tertiary/aromatic N) is 2. The van der Waals surface area contributed by atoms with Gasteiger partial charge in [0.15, 0.2) is 0 Å². The van der Waals surface area contributed by atoms with E-state index in [2.05, 4.69) is 15.0 Å². The predicted octanol–water partition coefficient (Wildman–Crippen LogP) is 2.52. The third-order valence-electron chi connectivity index (χ3n) is 4.73. The SMILES string of the molecule is CCC(C(=O)Nc1ccc(S(=O)(=O)NCc2ccco2)cc1)n1c(C)cc(C)nc1=O. The number of furan rings is 1. The number of amides is 1. The van der Waals surface area contributed by atoms with Crippen molar-refractivity contribution in [2.24, 2.45) is 0 Å². The summed E-state index contributed by atoms with van der Waals surface area (Å²) in [6, 6.07) is 10.1. The number of benzene rings is 1. The van der Waals surface area contributed by atoms with Gasteiger partial charge in [-0.05, 0) is 62.7 Å². The highest BCUT2D eigenvalue weighted by atomic mass is 32.2. The molecule has 9 nitrogen and oxygen atoms in total. The molecule has 0 saturated carbocycles. The summed E-state index contributed by atoms with van der Waals surface area (Å²) in [5.74, 6) is 0.110. The topological polar surface area (TPSA) is 123 Å². The minimum atomic E-state index is -3.74. The van der Waals surface area contributed by atoms with Crippen LogP contribution in [0.2, 0.25) is 0 Å². The molecule has 0 spiro atoms. The van der Waals surface area contributed by atoms with Gasteiger partial charge >= 0.3 is 5.69 Å². The zero-order valence-corrected chi connectivity index (χ0v) is 18.3. The van der Waals surface area contributed by atoms with Gasteiger partial charge in [-0.15, -0.1) is 0 Å². The van der Waals surface area contributed by atoms with Crippen LogP contribution in [-0.2, 0) is 21.4 Å². The molecular formula is C21H24N4O5S. The normalized spacial score (nSPS) is 12.5. The molecule has 2 aromatic heterocycles. The molecule has 1 aromatic carbocycles. The number of aromatic nitrogens is 2. The van der Waals surface area contributed by atoms with Crippen molar-refractivity contribution in [2.45, 2.75) is 44.7 Å². The Bertz CT molecular complexity index is 1220. The monoisotopic (exact) mass is 444 g/mol. The van der Waals surface area contributed by atoms with Crippen molar-refractivity contribution in [3.8, 4) is 0 Å². The predicted molar refractivity (Wildman–Crippen MR) is 115 cm³/mol. The summed E-state index contributed by atoms with van der Waals surface area (Å²) < 4.78 is 33.8. The summed E-state index contributed by atoms with van der Waals surface area (Å²) in [5.41, 5.74) is 1.16. The summed E-state index contributed by atoms with van der Waals surface area (Å²) in [5, 5.41) is 2.74. The highest BCUT2D eigenvalue weighted by molar-refractivity contribution is 7.89. The van der Waals surface area contributed by atoms with E-state index in [1.807, 2.05) is 0 Å². The Labute approximate surface area is 180 Å². The van der Waals surface area contributed by atoms with Crippen molar-refractivity contribution in [3.05, 3.63) is 76.4 Å². The maximum absolute atomic E-state index is 12.8. The molecule has 0 saturated heterocycles. The van der Waals surface area contributed by atoms with Gasteiger partial charge in [0, 0.05) is 17.1 Å². The summed E-state index contributed by atoms with van der Waals surface area (Å²) in [6.07, 6.45) is 1.85. The fraction of sp³-hybridized carbons (Fsp3) is 0.286. The molecule has 2 heterocycles. The second kappa shape index (κ2) is 9.27. The molecule has 0 aliphatic heterocycles. The van der Waals surface area contributed by atoms with Gasteiger partial charge in [0.25, 0.3) is 0 Å². The highest BCUT2D eigenvalue weighted by Crippen LogP contribution is 2.18. The first-order valence-corrected chi connectivity index (χ1v) is 11.2. The average molecular weight is 445 g/mol. The molecular weight excluding hydrogens is 420 g/mol. The van der Waals surface area contributed by atoms with Gasteiger partial charge in [-0.25, -0.2) is 17.9 Å². The molecule has 0 aliphatic rings.